The number of ether oxygens (including phenoxy) is 2. The molecule has 4 aromatic heterocycles. The Hall–Kier alpha value is -4.70. The first-order valence-electron chi connectivity index (χ1n) is 26.5. The number of aryl methyl sites for hydroxylation is 2. The van der Waals surface area contributed by atoms with Crippen molar-refractivity contribution in [2.75, 3.05) is 36.0 Å². The number of nitrogens with zero attached hydrogens (tertiary/aromatic N) is 6. The van der Waals surface area contributed by atoms with Crippen LogP contribution in [0.2, 0.25) is 10.0 Å². The van der Waals surface area contributed by atoms with Crippen LogP contribution in [-0.2, 0) is 35.5 Å². The minimum Gasteiger partial charge on any atom is -0.444 e. The number of carbonyl (C=O) groups excluding carboxylic acids is 2. The zero-order valence-electron chi connectivity index (χ0n) is 43.4. The number of pyridine rings is 2. The standard InChI is InChI=1S/2C29H34ClN3O3S/c2*1-28(2,3)36-27(35)33-16-20(15-29(33)8-5-9-29)32-11-4-6-18-12-19(30)13-23(25(18)32)22-7-10-31-24-14-21(17-34)37-26(22)24/h2*7,10,12-14,20,34H,4-6,8-9,11,15-17H2,1-3H3/t2*20-/m10/s1. The lowest BCUT2D eigenvalue weighted by Gasteiger charge is -2.45. The predicted octanol–water partition coefficient (Wildman–Crippen LogP) is 13.6. The number of anilines is 2. The zero-order valence-corrected chi connectivity index (χ0v) is 46.6. The first-order chi connectivity index (χ1) is 35.3. The Morgan fingerprint density at radius 2 is 1.03 bits per heavy atom. The monoisotopic (exact) mass is 1080 g/mol. The summed E-state index contributed by atoms with van der Waals surface area (Å²) >= 11 is 16.5. The van der Waals surface area contributed by atoms with Crippen LogP contribution in [0.4, 0.5) is 21.0 Å². The summed E-state index contributed by atoms with van der Waals surface area (Å²) in [5.74, 6) is 0. The second-order valence-corrected chi connectivity index (χ2v) is 26.6. The summed E-state index contributed by atoms with van der Waals surface area (Å²) in [6.07, 6.45) is 15.8. The maximum atomic E-state index is 13.3. The predicted molar refractivity (Wildman–Crippen MR) is 299 cm³/mol. The Labute approximate surface area is 452 Å². The number of aliphatic hydroxyl groups is 2. The molecule has 4 aliphatic heterocycles. The molecule has 4 fully saturated rings. The quantitative estimate of drug-likeness (QED) is 0.166. The van der Waals surface area contributed by atoms with Crippen LogP contribution in [0.15, 0.2) is 60.9 Å². The highest BCUT2D eigenvalue weighted by Gasteiger charge is 2.56. The minimum absolute atomic E-state index is 0.00486. The van der Waals surface area contributed by atoms with Gasteiger partial charge >= 0.3 is 12.2 Å². The van der Waals surface area contributed by atoms with Crippen LogP contribution in [-0.4, -0.2) is 103 Å². The lowest BCUT2D eigenvalue weighted by molar-refractivity contribution is -0.0108. The zero-order chi connectivity index (χ0) is 51.9. The molecule has 2 spiro atoms. The van der Waals surface area contributed by atoms with E-state index in [2.05, 4.69) is 56.2 Å². The average molecular weight is 1080 g/mol. The molecule has 2 aromatic carbocycles. The minimum atomic E-state index is -0.511. The summed E-state index contributed by atoms with van der Waals surface area (Å²) in [4.78, 5) is 46.7. The molecule has 0 unspecified atom stereocenters. The Kier molecular flexibility index (Phi) is 13.7. The molecular formula is C58H68Cl2N6O6S2. The van der Waals surface area contributed by atoms with Crippen molar-refractivity contribution in [3.05, 3.63) is 91.9 Å². The smallest absolute Gasteiger partial charge is 0.410 e. The molecule has 0 radical (unpaired) electrons. The molecule has 16 heteroatoms. The number of fused-ring (bicyclic) bond motifs is 4. The summed E-state index contributed by atoms with van der Waals surface area (Å²) in [6, 6.07) is 16.9. The van der Waals surface area contributed by atoms with Gasteiger partial charge < -0.3 is 39.3 Å². The van der Waals surface area contributed by atoms with Gasteiger partial charge in [-0.3, -0.25) is 9.97 Å². The van der Waals surface area contributed by atoms with Gasteiger partial charge in [-0.1, -0.05) is 23.2 Å². The van der Waals surface area contributed by atoms with Crippen LogP contribution in [0, 0.1) is 0 Å². The molecule has 2 atom stereocenters. The fraction of sp³-hybridized carbons (Fsp3) is 0.517. The summed E-state index contributed by atoms with van der Waals surface area (Å²) < 4.78 is 13.8. The van der Waals surface area contributed by atoms with Gasteiger partial charge in [0.25, 0.3) is 0 Å². The molecule has 8 heterocycles. The van der Waals surface area contributed by atoms with Crippen molar-refractivity contribution in [3.8, 4) is 22.3 Å². The number of amides is 2. The first kappa shape index (κ1) is 51.4. The number of hydrogen-bond donors (Lipinski definition) is 2. The average Bonchev–Trinajstić information content (AvgIpc) is 4.14. The van der Waals surface area contributed by atoms with Crippen LogP contribution in [0.1, 0.15) is 127 Å². The van der Waals surface area contributed by atoms with Gasteiger partial charge in [-0.2, -0.15) is 0 Å². The van der Waals surface area contributed by atoms with E-state index >= 15 is 0 Å². The molecule has 2 amide bonds. The van der Waals surface area contributed by atoms with Crippen molar-refractivity contribution >= 4 is 89.9 Å². The van der Waals surface area contributed by atoms with E-state index in [0.717, 1.165) is 153 Å². The Bertz CT molecular complexity index is 2930. The number of benzene rings is 2. The molecule has 12 rings (SSSR count). The van der Waals surface area contributed by atoms with Gasteiger partial charge in [0.2, 0.25) is 0 Å². The fourth-order valence-electron chi connectivity index (χ4n) is 12.9. The number of hydrogen-bond acceptors (Lipinski definition) is 12. The topological polar surface area (TPSA) is 132 Å². The molecule has 74 heavy (non-hydrogen) atoms. The summed E-state index contributed by atoms with van der Waals surface area (Å²) in [7, 11) is 0. The normalized spacial score (nSPS) is 20.8. The van der Waals surface area contributed by atoms with Crippen molar-refractivity contribution in [1.82, 2.24) is 19.8 Å². The third kappa shape index (κ3) is 9.63. The van der Waals surface area contributed by atoms with Gasteiger partial charge in [0.1, 0.15) is 11.2 Å². The molecule has 2 N–H and O–H groups in total. The third-order valence-electron chi connectivity index (χ3n) is 16.2. The largest absolute Gasteiger partial charge is 0.444 e. The highest BCUT2D eigenvalue weighted by Crippen LogP contribution is 2.53. The van der Waals surface area contributed by atoms with Gasteiger partial charge in [0, 0.05) is 115 Å². The first-order valence-corrected chi connectivity index (χ1v) is 28.9. The number of aliphatic hydroxyl groups excluding tert-OH is 2. The van der Waals surface area contributed by atoms with Gasteiger partial charge in [-0.15, -0.1) is 22.7 Å². The van der Waals surface area contributed by atoms with E-state index in [4.69, 9.17) is 32.7 Å². The van der Waals surface area contributed by atoms with Crippen molar-refractivity contribution in [2.24, 2.45) is 0 Å². The number of carbonyl (C=O) groups is 2. The summed E-state index contributed by atoms with van der Waals surface area (Å²) in [5, 5.41) is 21.0. The highest BCUT2D eigenvalue weighted by atomic mass is 35.5. The number of likely N-dealkylation sites (tertiary alicyclic amines) is 2. The lowest BCUT2D eigenvalue weighted by atomic mass is 9.74. The highest BCUT2D eigenvalue weighted by molar-refractivity contribution is 7.20. The number of aromatic nitrogens is 2. The van der Waals surface area contributed by atoms with E-state index in [9.17, 15) is 19.8 Å². The van der Waals surface area contributed by atoms with E-state index in [1.807, 2.05) is 75.9 Å². The molecule has 0 bridgehead atoms. The Morgan fingerprint density at radius 3 is 1.38 bits per heavy atom. The van der Waals surface area contributed by atoms with Crippen molar-refractivity contribution < 1.29 is 29.3 Å². The van der Waals surface area contributed by atoms with Gasteiger partial charge in [0.05, 0.1) is 33.6 Å². The molecule has 12 nitrogen and oxygen atoms in total. The lowest BCUT2D eigenvalue weighted by Crippen LogP contribution is -2.53. The Balaban J connectivity index is 0.000000159. The van der Waals surface area contributed by atoms with E-state index in [1.165, 1.54) is 22.5 Å². The van der Waals surface area contributed by atoms with Crippen LogP contribution in [0.25, 0.3) is 42.7 Å². The fourth-order valence-corrected chi connectivity index (χ4v) is 15.4. The molecule has 2 saturated heterocycles. The van der Waals surface area contributed by atoms with Crippen molar-refractivity contribution in [2.45, 2.75) is 166 Å². The van der Waals surface area contributed by atoms with Crippen molar-refractivity contribution in [3.63, 3.8) is 0 Å². The van der Waals surface area contributed by atoms with Gasteiger partial charge in [0.15, 0.2) is 0 Å². The van der Waals surface area contributed by atoms with Crippen LogP contribution in [0.5, 0.6) is 0 Å². The maximum absolute atomic E-state index is 13.3. The van der Waals surface area contributed by atoms with Crippen molar-refractivity contribution in [1.29, 1.82) is 0 Å². The number of halogens is 2. The number of thiophene rings is 2. The third-order valence-corrected chi connectivity index (χ3v) is 19.0. The second-order valence-electron chi connectivity index (χ2n) is 23.5. The maximum Gasteiger partial charge on any atom is 0.410 e. The number of rotatable bonds is 6. The van der Waals surface area contributed by atoms with Crippen LogP contribution in [0.3, 0.4) is 0 Å². The molecule has 6 aromatic rings. The van der Waals surface area contributed by atoms with Crippen LogP contribution >= 0.6 is 45.9 Å². The molecular weight excluding hydrogens is 1010 g/mol. The molecule has 2 aliphatic carbocycles. The van der Waals surface area contributed by atoms with E-state index in [0.29, 0.717) is 13.1 Å². The molecule has 6 aliphatic rings. The molecule has 392 valence electrons. The van der Waals surface area contributed by atoms with Gasteiger partial charge in [-0.05, 0) is 178 Å². The van der Waals surface area contributed by atoms with E-state index in [1.54, 1.807) is 22.7 Å². The Morgan fingerprint density at radius 1 is 0.622 bits per heavy atom. The van der Waals surface area contributed by atoms with Crippen LogP contribution < -0.4 is 9.80 Å². The van der Waals surface area contributed by atoms with E-state index in [-0.39, 0.29) is 48.6 Å². The second kappa shape index (κ2) is 19.7. The SMILES string of the molecule is CC(C)(C)OC(=O)N1C[C@@H](N2CCCc3cc(Cl)cc(-c4ccnc5cc(CO)sc45)c32)CC12CCC2.CC(C)(C)OC(=O)N1C[C@H](N2CCCc3cc(Cl)cc(-c4ccnc5cc(CO)sc45)c32)CC12CCC2. The summed E-state index contributed by atoms with van der Waals surface area (Å²) in [5.41, 5.74) is 9.98. The summed E-state index contributed by atoms with van der Waals surface area (Å²) in [6.45, 7) is 14.9. The van der Waals surface area contributed by atoms with Gasteiger partial charge in [-0.25, -0.2) is 9.59 Å². The molecule has 2 saturated carbocycles. The van der Waals surface area contributed by atoms with E-state index < -0.39 is 11.2 Å².